The molecule has 2 nitrogen and oxygen atoms in total. The summed E-state index contributed by atoms with van der Waals surface area (Å²) >= 11 is 0. The summed E-state index contributed by atoms with van der Waals surface area (Å²) in [6, 6.07) is 6.32. The van der Waals surface area contributed by atoms with Gasteiger partial charge in [0, 0.05) is 17.2 Å². The molecular weight excluding hydrogens is 205 g/mol. The van der Waals surface area contributed by atoms with Crippen molar-refractivity contribution >= 4 is 12.0 Å². The van der Waals surface area contributed by atoms with E-state index in [2.05, 4.69) is 5.32 Å². The second-order valence-electron chi connectivity index (χ2n) is 4.59. The lowest BCUT2D eigenvalue weighted by molar-refractivity contribution is -0.117. The predicted molar refractivity (Wildman–Crippen MR) is 63.3 cm³/mol. The van der Waals surface area contributed by atoms with Gasteiger partial charge in [-0.05, 0) is 32.9 Å². The molecule has 3 heteroatoms. The Morgan fingerprint density at radius 2 is 1.94 bits per heavy atom. The second-order valence-corrected chi connectivity index (χ2v) is 4.59. The first-order chi connectivity index (χ1) is 7.38. The summed E-state index contributed by atoms with van der Waals surface area (Å²) in [4.78, 5) is 11.4. The molecule has 0 aliphatic heterocycles. The maximum absolute atomic E-state index is 13.2. The van der Waals surface area contributed by atoms with Crippen LogP contribution in [0.3, 0.4) is 0 Å². The van der Waals surface area contributed by atoms with Crippen molar-refractivity contribution in [1.29, 1.82) is 0 Å². The molecule has 0 fully saturated rings. The third kappa shape index (κ3) is 4.26. The van der Waals surface area contributed by atoms with E-state index in [4.69, 9.17) is 0 Å². The number of benzene rings is 1. The van der Waals surface area contributed by atoms with Crippen LogP contribution >= 0.6 is 0 Å². The van der Waals surface area contributed by atoms with Crippen LogP contribution in [0.5, 0.6) is 0 Å². The third-order valence-electron chi connectivity index (χ3n) is 1.82. The van der Waals surface area contributed by atoms with Crippen molar-refractivity contribution in [3.63, 3.8) is 0 Å². The first kappa shape index (κ1) is 12.4. The molecule has 0 saturated heterocycles. The molecule has 0 heterocycles. The van der Waals surface area contributed by atoms with Crippen LogP contribution in [-0.4, -0.2) is 11.4 Å². The average Bonchev–Trinajstić information content (AvgIpc) is 2.14. The van der Waals surface area contributed by atoms with Gasteiger partial charge in [-0.25, -0.2) is 4.39 Å². The van der Waals surface area contributed by atoms with Gasteiger partial charge < -0.3 is 5.32 Å². The van der Waals surface area contributed by atoms with Crippen molar-refractivity contribution in [2.75, 3.05) is 0 Å². The Hall–Kier alpha value is -1.64. The molecule has 0 atom stereocenters. The van der Waals surface area contributed by atoms with Gasteiger partial charge in [-0.2, -0.15) is 0 Å². The fourth-order valence-electron chi connectivity index (χ4n) is 1.19. The van der Waals surface area contributed by atoms with Crippen molar-refractivity contribution in [1.82, 2.24) is 5.32 Å². The number of halogens is 1. The molecule has 16 heavy (non-hydrogen) atoms. The summed E-state index contributed by atoms with van der Waals surface area (Å²) < 4.78 is 13.2. The highest BCUT2D eigenvalue weighted by molar-refractivity contribution is 5.92. The van der Waals surface area contributed by atoms with Gasteiger partial charge >= 0.3 is 0 Å². The van der Waals surface area contributed by atoms with Crippen LogP contribution in [0.2, 0.25) is 0 Å². The Bertz CT molecular complexity index is 405. The van der Waals surface area contributed by atoms with Gasteiger partial charge in [0.15, 0.2) is 0 Å². The fraction of sp³-hybridized carbons (Fsp3) is 0.308. The molecule has 0 bridgehead atoms. The van der Waals surface area contributed by atoms with Crippen LogP contribution in [0, 0.1) is 5.82 Å². The zero-order chi connectivity index (χ0) is 12.2. The Morgan fingerprint density at radius 1 is 1.31 bits per heavy atom. The van der Waals surface area contributed by atoms with Gasteiger partial charge in [-0.3, -0.25) is 4.79 Å². The van der Waals surface area contributed by atoms with Gasteiger partial charge in [-0.15, -0.1) is 0 Å². The Labute approximate surface area is 95.2 Å². The first-order valence-electron chi connectivity index (χ1n) is 5.13. The molecule has 0 aliphatic rings. The van der Waals surface area contributed by atoms with E-state index in [1.165, 1.54) is 18.2 Å². The highest BCUT2D eigenvalue weighted by Gasteiger charge is 2.11. The monoisotopic (exact) mass is 221 g/mol. The SMILES string of the molecule is CC(C)(C)NC(=O)/C=C/c1ccccc1F. The number of amides is 1. The van der Waals surface area contributed by atoms with E-state index < -0.39 is 0 Å². The first-order valence-corrected chi connectivity index (χ1v) is 5.13. The van der Waals surface area contributed by atoms with Gasteiger partial charge in [0.2, 0.25) is 5.91 Å². The zero-order valence-electron chi connectivity index (χ0n) is 9.75. The van der Waals surface area contributed by atoms with Gasteiger partial charge in [-0.1, -0.05) is 18.2 Å². The number of hydrogen-bond acceptors (Lipinski definition) is 1. The molecule has 1 amide bonds. The molecule has 1 N–H and O–H groups in total. The van der Waals surface area contributed by atoms with E-state index in [-0.39, 0.29) is 17.3 Å². The fourth-order valence-corrected chi connectivity index (χ4v) is 1.19. The quantitative estimate of drug-likeness (QED) is 0.764. The highest BCUT2D eigenvalue weighted by atomic mass is 19.1. The molecule has 86 valence electrons. The topological polar surface area (TPSA) is 29.1 Å². The largest absolute Gasteiger partial charge is 0.348 e. The predicted octanol–water partition coefficient (Wildman–Crippen LogP) is 2.75. The van der Waals surface area contributed by atoms with Gasteiger partial charge in [0.25, 0.3) is 0 Å². The molecule has 0 aliphatic carbocycles. The summed E-state index contributed by atoms with van der Waals surface area (Å²) in [5.74, 6) is -0.557. The Morgan fingerprint density at radius 3 is 2.50 bits per heavy atom. The second kappa shape index (κ2) is 4.92. The van der Waals surface area contributed by atoms with E-state index >= 15 is 0 Å². The van der Waals surface area contributed by atoms with Crippen LogP contribution in [-0.2, 0) is 4.79 Å². The lowest BCUT2D eigenvalue weighted by Gasteiger charge is -2.18. The van der Waals surface area contributed by atoms with E-state index in [9.17, 15) is 9.18 Å². The van der Waals surface area contributed by atoms with Crippen LogP contribution in [0.25, 0.3) is 6.08 Å². The average molecular weight is 221 g/mol. The number of nitrogens with one attached hydrogen (secondary N) is 1. The van der Waals surface area contributed by atoms with E-state index in [1.54, 1.807) is 18.2 Å². The van der Waals surface area contributed by atoms with E-state index in [0.29, 0.717) is 5.56 Å². The molecule has 0 radical (unpaired) electrons. The van der Waals surface area contributed by atoms with Gasteiger partial charge in [0.1, 0.15) is 5.82 Å². The van der Waals surface area contributed by atoms with Crippen molar-refractivity contribution in [3.8, 4) is 0 Å². The Kier molecular flexibility index (Phi) is 3.82. The lowest BCUT2D eigenvalue weighted by atomic mass is 10.1. The van der Waals surface area contributed by atoms with Crippen molar-refractivity contribution in [2.45, 2.75) is 26.3 Å². The third-order valence-corrected chi connectivity index (χ3v) is 1.82. The zero-order valence-corrected chi connectivity index (χ0v) is 9.75. The molecule has 0 unspecified atom stereocenters. The molecule has 0 saturated carbocycles. The van der Waals surface area contributed by atoms with Crippen molar-refractivity contribution in [2.24, 2.45) is 0 Å². The maximum atomic E-state index is 13.2. The van der Waals surface area contributed by atoms with Crippen molar-refractivity contribution < 1.29 is 9.18 Å². The summed E-state index contributed by atoms with van der Waals surface area (Å²) in [5, 5.41) is 2.76. The minimum Gasteiger partial charge on any atom is -0.348 e. The Balaban J connectivity index is 2.68. The summed E-state index contributed by atoms with van der Waals surface area (Å²) in [6.45, 7) is 5.67. The molecule has 1 aromatic rings. The standard InChI is InChI=1S/C13H16FNO/c1-13(2,3)15-12(16)9-8-10-6-4-5-7-11(10)14/h4-9H,1-3H3,(H,15,16)/b9-8+. The maximum Gasteiger partial charge on any atom is 0.244 e. The van der Waals surface area contributed by atoms with Gasteiger partial charge in [0.05, 0.1) is 0 Å². The molecule has 1 rings (SSSR count). The van der Waals surface area contributed by atoms with Crippen LogP contribution in [0.15, 0.2) is 30.3 Å². The lowest BCUT2D eigenvalue weighted by Crippen LogP contribution is -2.39. The molecular formula is C13H16FNO. The summed E-state index contributed by atoms with van der Waals surface area (Å²) in [5.41, 5.74) is 0.128. The summed E-state index contributed by atoms with van der Waals surface area (Å²) in [7, 11) is 0. The molecule has 1 aromatic carbocycles. The summed E-state index contributed by atoms with van der Waals surface area (Å²) in [6.07, 6.45) is 2.81. The highest BCUT2D eigenvalue weighted by Crippen LogP contribution is 2.08. The molecule has 0 spiro atoms. The van der Waals surface area contributed by atoms with Crippen molar-refractivity contribution in [3.05, 3.63) is 41.7 Å². The van der Waals surface area contributed by atoms with Crippen LogP contribution in [0.4, 0.5) is 4.39 Å². The smallest absolute Gasteiger partial charge is 0.244 e. The normalized spacial score (nSPS) is 11.8. The number of carbonyl (C=O) groups excluding carboxylic acids is 1. The van der Waals surface area contributed by atoms with Crippen LogP contribution < -0.4 is 5.32 Å². The minimum atomic E-state index is -0.331. The van der Waals surface area contributed by atoms with Crippen LogP contribution in [0.1, 0.15) is 26.3 Å². The van der Waals surface area contributed by atoms with E-state index in [0.717, 1.165) is 0 Å². The van der Waals surface area contributed by atoms with E-state index in [1.807, 2.05) is 20.8 Å². The number of rotatable bonds is 2. The molecule has 0 aromatic heterocycles. The number of carbonyl (C=O) groups is 1. The minimum absolute atomic E-state index is 0.226. The number of hydrogen-bond donors (Lipinski definition) is 1.